The first-order valence-corrected chi connectivity index (χ1v) is 6.96. The van der Waals surface area contributed by atoms with E-state index in [0.717, 1.165) is 5.56 Å². The molecular weight excluding hydrogens is 290 g/mol. The molecule has 0 spiro atoms. The number of ether oxygens (including phenoxy) is 1. The van der Waals surface area contributed by atoms with Gasteiger partial charge >= 0.3 is 5.97 Å². The molecule has 0 fully saturated rings. The monoisotopic (exact) mass is 303 g/mol. The highest BCUT2D eigenvalue weighted by Gasteiger charge is 2.36. The van der Waals surface area contributed by atoms with Crippen LogP contribution in [-0.4, -0.2) is 18.1 Å². The Hall–Kier alpha value is -2.04. The van der Waals surface area contributed by atoms with Crippen molar-refractivity contribution in [1.29, 1.82) is 0 Å². The minimum Gasteiger partial charge on any atom is -0.481 e. The van der Waals surface area contributed by atoms with Crippen molar-refractivity contribution >= 4 is 17.6 Å². The number of halogens is 1. The van der Waals surface area contributed by atoms with Crippen LogP contribution in [-0.2, 0) is 4.79 Å². The normalized spacial score (nSPS) is 19.9. The van der Waals surface area contributed by atoms with Crippen molar-refractivity contribution in [1.82, 2.24) is 5.32 Å². The molecule has 0 saturated heterocycles. The van der Waals surface area contributed by atoms with Crippen molar-refractivity contribution in [2.45, 2.75) is 12.0 Å². The molecule has 1 aliphatic rings. The number of carbonyl (C=O) groups is 1. The number of likely N-dealkylation sites (N-methyl/N-ethyl adjacent to an activating group) is 1. The predicted molar refractivity (Wildman–Crippen MR) is 80.1 cm³/mol. The molecule has 21 heavy (non-hydrogen) atoms. The quantitative estimate of drug-likeness (QED) is 0.890. The predicted octanol–water partition coefficient (Wildman–Crippen LogP) is 3.57. The Balaban J connectivity index is 2.26. The van der Waals surface area contributed by atoms with Crippen molar-refractivity contribution in [3.8, 4) is 11.5 Å². The summed E-state index contributed by atoms with van der Waals surface area (Å²) >= 11 is 6.06. The van der Waals surface area contributed by atoms with Gasteiger partial charge in [0.15, 0.2) is 0 Å². The summed E-state index contributed by atoms with van der Waals surface area (Å²) in [5.41, 5.74) is 1.39. The summed E-state index contributed by atoms with van der Waals surface area (Å²) < 4.78 is 5.91. The van der Waals surface area contributed by atoms with Crippen LogP contribution in [0.5, 0.6) is 11.5 Å². The van der Waals surface area contributed by atoms with Gasteiger partial charge in [-0.05, 0) is 31.3 Å². The Labute approximate surface area is 127 Å². The van der Waals surface area contributed by atoms with E-state index in [-0.39, 0.29) is 0 Å². The van der Waals surface area contributed by atoms with Gasteiger partial charge in [0.25, 0.3) is 0 Å². The maximum Gasteiger partial charge on any atom is 0.313 e. The Bertz CT molecular complexity index is 702. The van der Waals surface area contributed by atoms with E-state index in [2.05, 4.69) is 5.32 Å². The van der Waals surface area contributed by atoms with Crippen LogP contribution in [0.15, 0.2) is 42.5 Å². The Morgan fingerprint density at radius 1 is 1.19 bits per heavy atom. The summed E-state index contributed by atoms with van der Waals surface area (Å²) in [4.78, 5) is 11.8. The lowest BCUT2D eigenvalue weighted by Crippen LogP contribution is -2.28. The van der Waals surface area contributed by atoms with Gasteiger partial charge in [-0.3, -0.25) is 4.79 Å². The van der Waals surface area contributed by atoms with Crippen LogP contribution in [0.4, 0.5) is 0 Å². The lowest BCUT2D eigenvalue weighted by molar-refractivity contribution is -0.139. The second kappa shape index (κ2) is 5.39. The van der Waals surface area contributed by atoms with E-state index < -0.39 is 17.9 Å². The molecule has 2 atom stereocenters. The second-order valence-electron chi connectivity index (χ2n) is 4.90. The van der Waals surface area contributed by atoms with Crippen LogP contribution in [0.2, 0.25) is 5.02 Å². The fourth-order valence-electron chi connectivity index (χ4n) is 2.76. The molecule has 5 heteroatoms. The van der Waals surface area contributed by atoms with Crippen LogP contribution in [0, 0.1) is 0 Å². The number of hydrogen-bond acceptors (Lipinski definition) is 3. The molecule has 0 bridgehead atoms. The van der Waals surface area contributed by atoms with E-state index >= 15 is 0 Å². The number of aliphatic carboxylic acids is 1. The molecule has 0 saturated carbocycles. The molecule has 0 amide bonds. The summed E-state index contributed by atoms with van der Waals surface area (Å²) in [6.45, 7) is 0. The average molecular weight is 304 g/mol. The lowest BCUT2D eigenvalue weighted by Gasteiger charge is -2.22. The number of carboxylic acid groups (broad SMARTS) is 1. The summed E-state index contributed by atoms with van der Waals surface area (Å²) in [7, 11) is 1.74. The van der Waals surface area contributed by atoms with Crippen molar-refractivity contribution < 1.29 is 14.6 Å². The van der Waals surface area contributed by atoms with Gasteiger partial charge in [-0.15, -0.1) is 0 Å². The van der Waals surface area contributed by atoms with Gasteiger partial charge < -0.3 is 15.2 Å². The third kappa shape index (κ3) is 2.37. The van der Waals surface area contributed by atoms with Crippen molar-refractivity contribution in [2.75, 3.05) is 7.05 Å². The first kappa shape index (κ1) is 13.9. The molecule has 0 aromatic heterocycles. The minimum atomic E-state index is -0.904. The molecule has 0 aliphatic carbocycles. The van der Waals surface area contributed by atoms with Crippen LogP contribution >= 0.6 is 11.6 Å². The highest BCUT2D eigenvalue weighted by Crippen LogP contribution is 2.45. The molecule has 2 aromatic carbocycles. The Kier molecular flexibility index (Phi) is 3.57. The molecule has 0 unspecified atom stereocenters. The Morgan fingerprint density at radius 3 is 2.62 bits per heavy atom. The summed E-state index contributed by atoms with van der Waals surface area (Å²) in [5, 5.41) is 13.3. The van der Waals surface area contributed by atoms with Crippen LogP contribution in [0.3, 0.4) is 0 Å². The molecular formula is C16H14ClNO3. The minimum absolute atomic E-state index is 0.417. The molecule has 2 N–H and O–H groups in total. The number of nitrogens with one attached hydrogen (secondary N) is 1. The largest absolute Gasteiger partial charge is 0.481 e. The van der Waals surface area contributed by atoms with E-state index in [1.54, 1.807) is 37.4 Å². The third-order valence-corrected chi connectivity index (χ3v) is 3.93. The van der Waals surface area contributed by atoms with E-state index in [1.165, 1.54) is 0 Å². The van der Waals surface area contributed by atoms with Gasteiger partial charge in [-0.1, -0.05) is 29.8 Å². The third-order valence-electron chi connectivity index (χ3n) is 3.69. The Morgan fingerprint density at radius 2 is 1.90 bits per heavy atom. The SMILES string of the molecule is CN[C@@H]1c2cc(Cl)ccc2Oc2ccccc2[C@H]1C(=O)O. The standard InChI is InChI=1S/C16H14ClNO3/c1-18-15-11-8-9(17)6-7-13(11)21-12-5-3-2-4-10(12)14(15)16(19)20/h2-8,14-15,18H,1H3,(H,19,20)/t14-,15-/m1/s1. The summed E-state index contributed by atoms with van der Waals surface area (Å²) in [5.74, 6) is -0.467. The number of rotatable bonds is 2. The molecule has 2 aromatic rings. The van der Waals surface area contributed by atoms with Crippen LogP contribution < -0.4 is 10.1 Å². The van der Waals surface area contributed by atoms with E-state index in [9.17, 15) is 9.90 Å². The van der Waals surface area contributed by atoms with Gasteiger partial charge in [-0.2, -0.15) is 0 Å². The zero-order valence-corrected chi connectivity index (χ0v) is 12.1. The van der Waals surface area contributed by atoms with Gasteiger partial charge in [-0.25, -0.2) is 0 Å². The molecule has 0 radical (unpaired) electrons. The second-order valence-corrected chi connectivity index (χ2v) is 5.34. The molecule has 108 valence electrons. The number of carboxylic acids is 1. The van der Waals surface area contributed by atoms with E-state index in [0.29, 0.717) is 22.1 Å². The highest BCUT2D eigenvalue weighted by molar-refractivity contribution is 6.30. The van der Waals surface area contributed by atoms with Gasteiger partial charge in [0.1, 0.15) is 17.4 Å². The van der Waals surface area contributed by atoms with Crippen molar-refractivity contribution in [3.63, 3.8) is 0 Å². The van der Waals surface area contributed by atoms with Gasteiger partial charge in [0, 0.05) is 16.1 Å². The summed E-state index contributed by atoms with van der Waals surface area (Å²) in [6, 6.07) is 12.0. The van der Waals surface area contributed by atoms with E-state index in [4.69, 9.17) is 16.3 Å². The van der Waals surface area contributed by atoms with Crippen LogP contribution in [0.1, 0.15) is 23.1 Å². The number of hydrogen-bond donors (Lipinski definition) is 2. The number of benzene rings is 2. The van der Waals surface area contributed by atoms with E-state index in [1.807, 2.05) is 12.1 Å². The number of fused-ring (bicyclic) bond motifs is 2. The maximum absolute atomic E-state index is 11.8. The molecule has 3 rings (SSSR count). The highest BCUT2D eigenvalue weighted by atomic mass is 35.5. The van der Waals surface area contributed by atoms with Crippen molar-refractivity contribution in [2.24, 2.45) is 0 Å². The zero-order chi connectivity index (χ0) is 15.0. The summed E-state index contributed by atoms with van der Waals surface area (Å²) in [6.07, 6.45) is 0. The van der Waals surface area contributed by atoms with Gasteiger partial charge in [0.05, 0.1) is 6.04 Å². The van der Waals surface area contributed by atoms with Crippen molar-refractivity contribution in [3.05, 3.63) is 58.6 Å². The zero-order valence-electron chi connectivity index (χ0n) is 11.3. The maximum atomic E-state index is 11.8. The fraction of sp³-hybridized carbons (Fsp3) is 0.188. The smallest absolute Gasteiger partial charge is 0.313 e. The fourth-order valence-corrected chi connectivity index (χ4v) is 2.94. The average Bonchev–Trinajstić information content (AvgIpc) is 2.60. The lowest BCUT2D eigenvalue weighted by atomic mass is 9.87. The first-order valence-electron chi connectivity index (χ1n) is 6.58. The molecule has 1 aliphatic heterocycles. The number of para-hydroxylation sites is 1. The topological polar surface area (TPSA) is 58.6 Å². The molecule has 4 nitrogen and oxygen atoms in total. The first-order chi connectivity index (χ1) is 10.1. The van der Waals surface area contributed by atoms with Gasteiger partial charge in [0.2, 0.25) is 0 Å². The van der Waals surface area contributed by atoms with Crippen LogP contribution in [0.25, 0.3) is 0 Å². The molecule has 1 heterocycles.